The first-order valence-corrected chi connectivity index (χ1v) is 7.68. The van der Waals surface area contributed by atoms with Crippen molar-refractivity contribution in [2.45, 2.75) is 13.8 Å². The zero-order chi connectivity index (χ0) is 16.1. The zero-order valence-electron chi connectivity index (χ0n) is 12.8. The van der Waals surface area contributed by atoms with Crippen molar-refractivity contribution in [1.29, 1.82) is 0 Å². The van der Waals surface area contributed by atoms with Crippen LogP contribution in [0.15, 0.2) is 46.9 Å². The molecule has 0 saturated heterocycles. The average Bonchev–Trinajstić information content (AvgIpc) is 2.44. The topological polar surface area (TPSA) is 38.3 Å². The molecule has 0 fully saturated rings. The Hall–Kier alpha value is -2.07. The van der Waals surface area contributed by atoms with Gasteiger partial charge in [0.15, 0.2) is 0 Å². The van der Waals surface area contributed by atoms with Gasteiger partial charge >= 0.3 is 0 Å². The van der Waals surface area contributed by atoms with E-state index in [1.807, 2.05) is 44.2 Å². The summed E-state index contributed by atoms with van der Waals surface area (Å²) in [6.07, 6.45) is 3.29. The summed E-state index contributed by atoms with van der Waals surface area (Å²) >= 11 is 3.42. The molecule has 0 aromatic heterocycles. The Balaban J connectivity index is 2.06. The Kier molecular flexibility index (Phi) is 5.39. The number of carbonyl (C=O) groups is 1. The molecular formula is C18H18BrNO2. The maximum Gasteiger partial charge on any atom is 0.248 e. The molecule has 4 heteroatoms. The molecular weight excluding hydrogens is 342 g/mol. The quantitative estimate of drug-likeness (QED) is 0.801. The van der Waals surface area contributed by atoms with Crippen molar-refractivity contribution < 1.29 is 9.53 Å². The highest BCUT2D eigenvalue weighted by atomic mass is 79.9. The van der Waals surface area contributed by atoms with Crippen molar-refractivity contribution in [1.82, 2.24) is 0 Å². The van der Waals surface area contributed by atoms with Crippen molar-refractivity contribution in [2.75, 3.05) is 12.4 Å². The normalized spacial score (nSPS) is 10.7. The van der Waals surface area contributed by atoms with Gasteiger partial charge in [-0.15, -0.1) is 0 Å². The van der Waals surface area contributed by atoms with Gasteiger partial charge in [-0.05, 0) is 76.8 Å². The van der Waals surface area contributed by atoms with Crippen LogP contribution in [-0.2, 0) is 4.79 Å². The van der Waals surface area contributed by atoms with Gasteiger partial charge < -0.3 is 10.1 Å². The number of carbonyl (C=O) groups excluding carboxylic acids is 1. The van der Waals surface area contributed by atoms with Crippen LogP contribution >= 0.6 is 15.9 Å². The first-order chi connectivity index (χ1) is 10.5. The Morgan fingerprint density at radius 2 is 1.82 bits per heavy atom. The largest absolute Gasteiger partial charge is 0.496 e. The van der Waals surface area contributed by atoms with Gasteiger partial charge in [0, 0.05) is 11.8 Å². The van der Waals surface area contributed by atoms with Crippen LogP contribution in [0.1, 0.15) is 16.7 Å². The van der Waals surface area contributed by atoms with Crippen LogP contribution in [0.3, 0.4) is 0 Å². The van der Waals surface area contributed by atoms with E-state index in [4.69, 9.17) is 4.74 Å². The second kappa shape index (κ2) is 7.27. The number of halogens is 1. The zero-order valence-corrected chi connectivity index (χ0v) is 14.4. The van der Waals surface area contributed by atoms with E-state index in [0.29, 0.717) is 0 Å². The molecule has 0 unspecified atom stereocenters. The summed E-state index contributed by atoms with van der Waals surface area (Å²) in [5, 5.41) is 2.87. The van der Waals surface area contributed by atoms with E-state index in [2.05, 4.69) is 27.3 Å². The molecule has 0 heterocycles. The van der Waals surface area contributed by atoms with Crippen molar-refractivity contribution in [3.63, 3.8) is 0 Å². The molecule has 0 aliphatic carbocycles. The van der Waals surface area contributed by atoms with Gasteiger partial charge in [0.05, 0.1) is 11.6 Å². The molecule has 0 bridgehead atoms. The minimum Gasteiger partial charge on any atom is -0.496 e. The monoisotopic (exact) mass is 359 g/mol. The smallest absolute Gasteiger partial charge is 0.248 e. The summed E-state index contributed by atoms with van der Waals surface area (Å²) in [5.74, 6) is 0.605. The third kappa shape index (κ3) is 4.46. The molecule has 2 rings (SSSR count). The molecule has 3 nitrogen and oxygen atoms in total. The molecule has 2 aromatic rings. The molecule has 22 heavy (non-hydrogen) atoms. The van der Waals surface area contributed by atoms with Crippen LogP contribution in [0, 0.1) is 13.8 Å². The lowest BCUT2D eigenvalue weighted by Gasteiger charge is -2.05. The fourth-order valence-corrected chi connectivity index (χ4v) is 2.75. The maximum atomic E-state index is 12.0. The summed E-state index contributed by atoms with van der Waals surface area (Å²) in [6.45, 7) is 4.01. The lowest BCUT2D eigenvalue weighted by Crippen LogP contribution is -2.08. The van der Waals surface area contributed by atoms with E-state index in [0.717, 1.165) is 32.6 Å². The number of nitrogens with one attached hydrogen (secondary N) is 1. The van der Waals surface area contributed by atoms with Gasteiger partial charge in [0.25, 0.3) is 0 Å². The van der Waals surface area contributed by atoms with Gasteiger partial charge in [0.2, 0.25) is 5.91 Å². The number of amides is 1. The van der Waals surface area contributed by atoms with Crippen LogP contribution in [0.25, 0.3) is 6.08 Å². The van der Waals surface area contributed by atoms with E-state index in [1.54, 1.807) is 13.2 Å². The Labute approximate surface area is 139 Å². The van der Waals surface area contributed by atoms with Crippen LogP contribution in [0.2, 0.25) is 0 Å². The molecule has 114 valence electrons. The van der Waals surface area contributed by atoms with Gasteiger partial charge in [-0.1, -0.05) is 12.1 Å². The Morgan fingerprint density at radius 3 is 2.41 bits per heavy atom. The van der Waals surface area contributed by atoms with Crippen LogP contribution in [0.4, 0.5) is 5.69 Å². The van der Waals surface area contributed by atoms with E-state index in [9.17, 15) is 4.79 Å². The van der Waals surface area contributed by atoms with Crippen molar-refractivity contribution in [3.05, 3.63) is 63.6 Å². The molecule has 1 N–H and O–H groups in total. The first kappa shape index (κ1) is 16.3. The highest BCUT2D eigenvalue weighted by Crippen LogP contribution is 2.26. The maximum absolute atomic E-state index is 12.0. The van der Waals surface area contributed by atoms with E-state index in [1.165, 1.54) is 6.08 Å². The number of benzene rings is 2. The Bertz CT molecular complexity index is 703. The number of hydrogen-bond donors (Lipinski definition) is 1. The van der Waals surface area contributed by atoms with Gasteiger partial charge in [-0.25, -0.2) is 0 Å². The fraction of sp³-hybridized carbons (Fsp3) is 0.167. The predicted octanol–water partition coefficient (Wildman–Crippen LogP) is 4.73. The number of anilines is 1. The lowest BCUT2D eigenvalue weighted by molar-refractivity contribution is -0.111. The molecule has 1 amide bonds. The second-order valence-corrected chi connectivity index (χ2v) is 5.95. The summed E-state index contributed by atoms with van der Waals surface area (Å²) < 4.78 is 6.03. The third-order valence-corrected chi connectivity index (χ3v) is 3.71. The molecule has 0 spiro atoms. The van der Waals surface area contributed by atoms with Gasteiger partial charge in [-0.2, -0.15) is 0 Å². The number of rotatable bonds is 4. The van der Waals surface area contributed by atoms with E-state index < -0.39 is 0 Å². The molecule has 2 aromatic carbocycles. The molecule has 0 saturated carbocycles. The van der Waals surface area contributed by atoms with Crippen LogP contribution < -0.4 is 10.1 Å². The summed E-state index contributed by atoms with van der Waals surface area (Å²) in [5.41, 5.74) is 3.98. The third-order valence-electron chi connectivity index (χ3n) is 3.09. The minimum absolute atomic E-state index is 0.156. The molecule has 0 aliphatic heterocycles. The fourth-order valence-electron chi connectivity index (χ4n) is 2.19. The minimum atomic E-state index is -0.156. The van der Waals surface area contributed by atoms with Crippen molar-refractivity contribution in [3.8, 4) is 5.75 Å². The summed E-state index contributed by atoms with van der Waals surface area (Å²) in [6, 6.07) is 11.6. The summed E-state index contributed by atoms with van der Waals surface area (Å²) in [4.78, 5) is 12.0. The first-order valence-electron chi connectivity index (χ1n) is 6.89. The average molecular weight is 360 g/mol. The number of ether oxygens (including phenoxy) is 1. The predicted molar refractivity (Wildman–Crippen MR) is 94.3 cm³/mol. The van der Waals surface area contributed by atoms with Crippen molar-refractivity contribution >= 4 is 33.6 Å². The van der Waals surface area contributed by atoms with E-state index >= 15 is 0 Å². The second-order valence-electron chi connectivity index (χ2n) is 5.09. The van der Waals surface area contributed by atoms with Crippen LogP contribution in [-0.4, -0.2) is 13.0 Å². The standard InChI is InChI=1S/C18H18BrNO2/c1-12-8-13(2)10-15(9-12)20-18(21)7-5-14-4-6-17(22-3)16(19)11-14/h4-11H,1-3H3,(H,20,21)/b7-5+. The number of hydrogen-bond acceptors (Lipinski definition) is 2. The lowest BCUT2D eigenvalue weighted by atomic mass is 10.1. The van der Waals surface area contributed by atoms with Crippen molar-refractivity contribution in [2.24, 2.45) is 0 Å². The van der Waals surface area contributed by atoms with Gasteiger partial charge in [0.1, 0.15) is 5.75 Å². The highest BCUT2D eigenvalue weighted by Gasteiger charge is 2.02. The van der Waals surface area contributed by atoms with E-state index in [-0.39, 0.29) is 5.91 Å². The molecule has 0 radical (unpaired) electrons. The summed E-state index contributed by atoms with van der Waals surface area (Å²) in [7, 11) is 1.62. The Morgan fingerprint density at radius 1 is 1.14 bits per heavy atom. The highest BCUT2D eigenvalue weighted by molar-refractivity contribution is 9.10. The number of methoxy groups -OCH3 is 1. The SMILES string of the molecule is COc1ccc(/C=C/C(=O)Nc2cc(C)cc(C)c2)cc1Br. The van der Waals surface area contributed by atoms with Gasteiger partial charge in [-0.3, -0.25) is 4.79 Å². The number of aryl methyl sites for hydroxylation is 2. The molecule has 0 atom stereocenters. The van der Waals surface area contributed by atoms with Crippen LogP contribution in [0.5, 0.6) is 5.75 Å². The molecule has 0 aliphatic rings.